The topological polar surface area (TPSA) is 41.5 Å². The average Bonchev–Trinajstić information content (AvgIpc) is 2.38. The van der Waals surface area contributed by atoms with Crippen molar-refractivity contribution in [2.75, 3.05) is 0 Å². The van der Waals surface area contributed by atoms with Gasteiger partial charge in [-0.3, -0.25) is 4.79 Å². The van der Waals surface area contributed by atoms with E-state index in [2.05, 4.69) is 33.1 Å². The van der Waals surface area contributed by atoms with Crippen molar-refractivity contribution >= 4 is 34.7 Å². The van der Waals surface area contributed by atoms with Gasteiger partial charge in [-0.2, -0.15) is 5.10 Å². The predicted molar refractivity (Wildman–Crippen MR) is 85.4 cm³/mol. The van der Waals surface area contributed by atoms with E-state index in [1.54, 1.807) is 12.3 Å². The van der Waals surface area contributed by atoms with E-state index >= 15 is 0 Å². The first-order valence-corrected chi connectivity index (χ1v) is 6.89. The molecule has 2 rings (SSSR count). The second kappa shape index (κ2) is 6.47. The maximum Gasteiger partial charge on any atom is 0.271 e. The first-order valence-electron chi connectivity index (χ1n) is 5.81. The SMILES string of the molecule is Cc1cccc(/C=N\NC(=O)c2cccc(I)c2)c1. The van der Waals surface area contributed by atoms with Gasteiger partial charge in [0.25, 0.3) is 5.91 Å². The molecule has 0 aromatic heterocycles. The summed E-state index contributed by atoms with van der Waals surface area (Å²) in [6.45, 7) is 2.02. The van der Waals surface area contributed by atoms with Gasteiger partial charge >= 0.3 is 0 Å². The molecule has 0 saturated heterocycles. The molecule has 0 atom stereocenters. The van der Waals surface area contributed by atoms with Gasteiger partial charge in [0.15, 0.2) is 0 Å². The van der Waals surface area contributed by atoms with Crippen LogP contribution in [0, 0.1) is 10.5 Å². The van der Waals surface area contributed by atoms with Crippen molar-refractivity contribution in [3.8, 4) is 0 Å². The number of amides is 1. The highest BCUT2D eigenvalue weighted by Gasteiger charge is 2.03. The number of benzene rings is 2. The molecule has 0 unspecified atom stereocenters. The maximum atomic E-state index is 11.8. The van der Waals surface area contributed by atoms with Crippen molar-refractivity contribution in [2.45, 2.75) is 6.92 Å². The summed E-state index contributed by atoms with van der Waals surface area (Å²) in [4.78, 5) is 11.8. The van der Waals surface area contributed by atoms with E-state index in [1.807, 2.05) is 49.4 Å². The Labute approximate surface area is 125 Å². The lowest BCUT2D eigenvalue weighted by molar-refractivity contribution is 0.0955. The molecule has 0 aliphatic heterocycles. The van der Waals surface area contributed by atoms with Crippen molar-refractivity contribution in [3.63, 3.8) is 0 Å². The predicted octanol–water partition coefficient (Wildman–Crippen LogP) is 3.36. The summed E-state index contributed by atoms with van der Waals surface area (Å²) in [5, 5.41) is 3.96. The number of carbonyl (C=O) groups is 1. The Bertz CT molecular complexity index is 623. The number of aryl methyl sites for hydroxylation is 1. The largest absolute Gasteiger partial charge is 0.271 e. The van der Waals surface area contributed by atoms with Gasteiger partial charge < -0.3 is 0 Å². The fourth-order valence-corrected chi connectivity index (χ4v) is 2.15. The zero-order chi connectivity index (χ0) is 13.7. The lowest BCUT2D eigenvalue weighted by atomic mass is 10.2. The summed E-state index contributed by atoms with van der Waals surface area (Å²) in [6, 6.07) is 15.3. The zero-order valence-corrected chi connectivity index (χ0v) is 12.6. The molecule has 2 aromatic carbocycles. The van der Waals surface area contributed by atoms with Crippen LogP contribution in [0.3, 0.4) is 0 Å². The lowest BCUT2D eigenvalue weighted by Crippen LogP contribution is -2.17. The van der Waals surface area contributed by atoms with Crippen molar-refractivity contribution in [2.24, 2.45) is 5.10 Å². The molecule has 0 saturated carbocycles. The van der Waals surface area contributed by atoms with E-state index in [9.17, 15) is 4.79 Å². The van der Waals surface area contributed by atoms with Gasteiger partial charge in [-0.1, -0.05) is 35.9 Å². The van der Waals surface area contributed by atoms with Gasteiger partial charge in [-0.25, -0.2) is 5.43 Å². The summed E-state index contributed by atoms with van der Waals surface area (Å²) in [5.41, 5.74) is 5.25. The number of hydrogen-bond donors (Lipinski definition) is 1. The van der Waals surface area contributed by atoms with Crippen molar-refractivity contribution in [1.82, 2.24) is 5.43 Å². The zero-order valence-electron chi connectivity index (χ0n) is 10.4. The van der Waals surface area contributed by atoms with E-state index in [0.717, 1.165) is 14.7 Å². The van der Waals surface area contributed by atoms with Gasteiger partial charge in [-0.15, -0.1) is 0 Å². The third-order valence-corrected chi connectivity index (χ3v) is 3.18. The highest BCUT2D eigenvalue weighted by atomic mass is 127. The van der Waals surface area contributed by atoms with Crippen LogP contribution in [-0.4, -0.2) is 12.1 Å². The molecular weight excluding hydrogens is 351 g/mol. The molecule has 0 bridgehead atoms. The van der Waals surface area contributed by atoms with Crippen LogP contribution in [0.5, 0.6) is 0 Å². The van der Waals surface area contributed by atoms with Crippen LogP contribution in [0.2, 0.25) is 0 Å². The Morgan fingerprint density at radius 3 is 2.74 bits per heavy atom. The minimum absolute atomic E-state index is 0.206. The van der Waals surface area contributed by atoms with Gasteiger partial charge in [0.2, 0.25) is 0 Å². The third-order valence-electron chi connectivity index (χ3n) is 2.51. The van der Waals surface area contributed by atoms with Crippen LogP contribution < -0.4 is 5.43 Å². The molecule has 0 aliphatic rings. The molecule has 3 nitrogen and oxygen atoms in total. The van der Waals surface area contributed by atoms with Crippen molar-refractivity contribution in [1.29, 1.82) is 0 Å². The van der Waals surface area contributed by atoms with E-state index in [4.69, 9.17) is 0 Å². The number of hydrazone groups is 1. The number of hydrogen-bond acceptors (Lipinski definition) is 2. The van der Waals surface area contributed by atoms with Gasteiger partial charge in [0.05, 0.1) is 6.21 Å². The van der Waals surface area contributed by atoms with E-state index in [0.29, 0.717) is 5.56 Å². The molecule has 19 heavy (non-hydrogen) atoms. The van der Waals surface area contributed by atoms with Crippen LogP contribution >= 0.6 is 22.6 Å². The number of halogens is 1. The normalized spacial score (nSPS) is 10.6. The van der Waals surface area contributed by atoms with Crippen LogP contribution in [0.15, 0.2) is 53.6 Å². The van der Waals surface area contributed by atoms with Crippen LogP contribution in [0.1, 0.15) is 21.5 Å². The summed E-state index contributed by atoms with van der Waals surface area (Å²) in [6.07, 6.45) is 1.64. The van der Waals surface area contributed by atoms with E-state index in [-0.39, 0.29) is 5.91 Å². The summed E-state index contributed by atoms with van der Waals surface area (Å²) >= 11 is 2.17. The molecule has 0 radical (unpaired) electrons. The number of nitrogens with one attached hydrogen (secondary N) is 1. The molecule has 2 aromatic rings. The molecule has 0 heterocycles. The molecule has 1 N–H and O–H groups in total. The van der Waals surface area contributed by atoms with Gasteiger partial charge in [0.1, 0.15) is 0 Å². The molecule has 0 aliphatic carbocycles. The molecule has 96 valence electrons. The van der Waals surface area contributed by atoms with Crippen molar-refractivity contribution < 1.29 is 4.79 Å². The van der Waals surface area contributed by atoms with E-state index < -0.39 is 0 Å². The Morgan fingerprint density at radius 2 is 2.00 bits per heavy atom. The maximum absolute atomic E-state index is 11.8. The monoisotopic (exact) mass is 364 g/mol. The Balaban J connectivity index is 2.01. The molecule has 0 fully saturated rings. The highest BCUT2D eigenvalue weighted by molar-refractivity contribution is 14.1. The third kappa shape index (κ3) is 4.17. The van der Waals surface area contributed by atoms with Crippen LogP contribution in [0.4, 0.5) is 0 Å². The summed E-state index contributed by atoms with van der Waals surface area (Å²) in [7, 11) is 0. The fraction of sp³-hybridized carbons (Fsp3) is 0.0667. The summed E-state index contributed by atoms with van der Waals surface area (Å²) < 4.78 is 1.02. The Morgan fingerprint density at radius 1 is 1.21 bits per heavy atom. The number of carbonyl (C=O) groups excluding carboxylic acids is 1. The molecule has 0 spiro atoms. The second-order valence-electron chi connectivity index (χ2n) is 4.12. The smallest absolute Gasteiger partial charge is 0.267 e. The lowest BCUT2D eigenvalue weighted by Gasteiger charge is -2.00. The minimum atomic E-state index is -0.206. The standard InChI is InChI=1S/C15H13IN2O/c1-11-4-2-5-12(8-11)10-17-18-15(19)13-6-3-7-14(16)9-13/h2-10H,1H3,(H,18,19)/b17-10-. The quantitative estimate of drug-likeness (QED) is 0.507. The first kappa shape index (κ1) is 13.7. The van der Waals surface area contributed by atoms with Crippen LogP contribution in [-0.2, 0) is 0 Å². The van der Waals surface area contributed by atoms with Gasteiger partial charge in [-0.05, 0) is 53.3 Å². The molecular formula is C15H13IN2O. The minimum Gasteiger partial charge on any atom is -0.267 e. The van der Waals surface area contributed by atoms with Gasteiger partial charge in [0, 0.05) is 9.13 Å². The Hall–Kier alpha value is -1.69. The van der Waals surface area contributed by atoms with Crippen LogP contribution in [0.25, 0.3) is 0 Å². The highest BCUT2D eigenvalue weighted by Crippen LogP contribution is 2.07. The fourth-order valence-electron chi connectivity index (χ4n) is 1.61. The van der Waals surface area contributed by atoms with Crippen molar-refractivity contribution in [3.05, 3.63) is 68.8 Å². The summed E-state index contributed by atoms with van der Waals surface area (Å²) in [5.74, 6) is -0.206. The first-order chi connectivity index (χ1) is 9.15. The second-order valence-corrected chi connectivity index (χ2v) is 5.37. The number of rotatable bonds is 3. The Kier molecular flexibility index (Phi) is 4.68. The molecule has 1 amide bonds. The van der Waals surface area contributed by atoms with E-state index in [1.165, 1.54) is 0 Å². The average molecular weight is 364 g/mol. The molecule has 4 heteroatoms. The number of nitrogens with zero attached hydrogens (tertiary/aromatic N) is 1.